The van der Waals surface area contributed by atoms with Crippen LogP contribution in [-0.4, -0.2) is 54.1 Å². The number of benzene rings is 1. The number of halogens is 1. The second-order valence-electron chi connectivity index (χ2n) is 6.62. The lowest BCUT2D eigenvalue weighted by molar-refractivity contribution is -0.361. The molecule has 3 rings (SSSR count). The van der Waals surface area contributed by atoms with E-state index in [1.165, 1.54) is 6.92 Å². The Morgan fingerprint density at radius 1 is 1.36 bits per heavy atom. The summed E-state index contributed by atoms with van der Waals surface area (Å²) >= 11 is 5.88. The molecule has 2 aliphatic rings. The van der Waals surface area contributed by atoms with Crippen LogP contribution >= 0.6 is 11.6 Å². The molecule has 0 spiro atoms. The molecule has 2 fully saturated rings. The third kappa shape index (κ3) is 4.24. The van der Waals surface area contributed by atoms with Crippen molar-refractivity contribution in [2.75, 3.05) is 6.61 Å². The van der Waals surface area contributed by atoms with E-state index in [0.717, 1.165) is 0 Å². The first-order chi connectivity index (χ1) is 11.7. The van der Waals surface area contributed by atoms with Gasteiger partial charge in [0.1, 0.15) is 30.1 Å². The Bertz CT molecular complexity index is 622. The third-order valence-electron chi connectivity index (χ3n) is 4.12. The molecule has 8 heteroatoms. The molecule has 2 aliphatic heterocycles. The standard InChI is InChI=1S/C17H22ClNO6/c1-9(20)19-13-14(21)15-12(8-22-17(2,3)25-15)24-16(13)23-11-6-4-10(18)5-7-11/h4-7,12-16,21H,8H2,1-3H3,(H,19,20)/t12-,13-,14-,15-,16-/m1/s1. The number of aliphatic hydroxyl groups excluding tert-OH is 1. The van der Waals surface area contributed by atoms with Gasteiger partial charge in [0, 0.05) is 11.9 Å². The number of amides is 1. The van der Waals surface area contributed by atoms with E-state index in [9.17, 15) is 9.90 Å². The highest BCUT2D eigenvalue weighted by atomic mass is 35.5. The predicted octanol–water partition coefficient (Wildman–Crippen LogP) is 1.46. The van der Waals surface area contributed by atoms with Crippen LogP contribution < -0.4 is 10.1 Å². The number of hydrogen-bond donors (Lipinski definition) is 2. The maximum absolute atomic E-state index is 11.6. The number of carbonyl (C=O) groups is 1. The highest BCUT2D eigenvalue weighted by Crippen LogP contribution is 2.33. The Balaban J connectivity index is 1.80. The Morgan fingerprint density at radius 2 is 2.04 bits per heavy atom. The highest BCUT2D eigenvalue weighted by Gasteiger charge is 2.52. The van der Waals surface area contributed by atoms with Gasteiger partial charge < -0.3 is 29.4 Å². The third-order valence-corrected chi connectivity index (χ3v) is 4.38. The summed E-state index contributed by atoms with van der Waals surface area (Å²) in [5.74, 6) is -0.633. The molecule has 1 aromatic carbocycles. The largest absolute Gasteiger partial charge is 0.463 e. The van der Waals surface area contributed by atoms with E-state index >= 15 is 0 Å². The van der Waals surface area contributed by atoms with Crippen molar-refractivity contribution in [3.63, 3.8) is 0 Å². The minimum atomic E-state index is -1.01. The Hall–Kier alpha value is -1.38. The zero-order valence-electron chi connectivity index (χ0n) is 14.3. The summed E-state index contributed by atoms with van der Waals surface area (Å²) in [7, 11) is 0. The quantitative estimate of drug-likeness (QED) is 0.836. The van der Waals surface area contributed by atoms with E-state index in [4.69, 9.17) is 30.5 Å². The zero-order chi connectivity index (χ0) is 18.2. The van der Waals surface area contributed by atoms with Gasteiger partial charge in [0.2, 0.25) is 12.2 Å². The van der Waals surface area contributed by atoms with Gasteiger partial charge in [-0.05, 0) is 38.1 Å². The number of nitrogens with one attached hydrogen (secondary N) is 1. The predicted molar refractivity (Wildman–Crippen MR) is 89.3 cm³/mol. The average molecular weight is 372 g/mol. The van der Waals surface area contributed by atoms with Crippen LogP contribution in [0.3, 0.4) is 0 Å². The van der Waals surface area contributed by atoms with Crippen LogP contribution in [-0.2, 0) is 19.0 Å². The van der Waals surface area contributed by atoms with Crippen LogP contribution in [0.1, 0.15) is 20.8 Å². The van der Waals surface area contributed by atoms with Gasteiger partial charge in [0.15, 0.2) is 5.79 Å². The first-order valence-corrected chi connectivity index (χ1v) is 8.47. The molecule has 0 saturated carbocycles. The molecule has 0 radical (unpaired) electrons. The molecule has 0 unspecified atom stereocenters. The van der Waals surface area contributed by atoms with E-state index in [1.807, 2.05) is 0 Å². The molecule has 2 heterocycles. The van der Waals surface area contributed by atoms with Crippen molar-refractivity contribution in [1.82, 2.24) is 5.32 Å². The van der Waals surface area contributed by atoms with Crippen LogP contribution in [0.2, 0.25) is 5.02 Å². The van der Waals surface area contributed by atoms with E-state index in [1.54, 1.807) is 38.1 Å². The topological polar surface area (TPSA) is 86.3 Å². The highest BCUT2D eigenvalue weighted by molar-refractivity contribution is 6.30. The van der Waals surface area contributed by atoms with Gasteiger partial charge in [0.25, 0.3) is 0 Å². The number of carbonyl (C=O) groups excluding carboxylic acids is 1. The molecule has 1 aromatic rings. The fourth-order valence-corrected chi connectivity index (χ4v) is 3.11. The van der Waals surface area contributed by atoms with Gasteiger partial charge in [0.05, 0.1) is 6.61 Å². The van der Waals surface area contributed by atoms with Gasteiger partial charge >= 0.3 is 0 Å². The van der Waals surface area contributed by atoms with Crippen LogP contribution in [0.4, 0.5) is 0 Å². The number of aliphatic hydroxyl groups is 1. The molecule has 7 nitrogen and oxygen atoms in total. The summed E-state index contributed by atoms with van der Waals surface area (Å²) in [6, 6.07) is 5.95. The smallest absolute Gasteiger partial charge is 0.223 e. The molecule has 2 saturated heterocycles. The van der Waals surface area contributed by atoms with Gasteiger partial charge in [-0.25, -0.2) is 0 Å². The summed E-state index contributed by atoms with van der Waals surface area (Å²) < 4.78 is 23.1. The van der Waals surface area contributed by atoms with E-state index < -0.39 is 36.4 Å². The summed E-state index contributed by atoms with van der Waals surface area (Å²) in [4.78, 5) is 11.6. The molecule has 0 bridgehead atoms. The molecule has 25 heavy (non-hydrogen) atoms. The van der Waals surface area contributed by atoms with Crippen LogP contribution in [0, 0.1) is 0 Å². The summed E-state index contributed by atoms with van der Waals surface area (Å²) in [5, 5.41) is 14.0. The fraction of sp³-hybridized carbons (Fsp3) is 0.588. The SMILES string of the molecule is CC(=O)N[C@H]1[C@H](Oc2ccc(Cl)cc2)O[C@@H]2COC(C)(C)O[C@H]2[C@@H]1O. The van der Waals surface area contributed by atoms with Gasteiger partial charge in [-0.3, -0.25) is 4.79 Å². The maximum Gasteiger partial charge on any atom is 0.223 e. The minimum Gasteiger partial charge on any atom is -0.463 e. The summed E-state index contributed by atoms with van der Waals surface area (Å²) in [6.45, 7) is 5.15. The second kappa shape index (κ2) is 7.09. The molecule has 2 N–H and O–H groups in total. The Morgan fingerprint density at radius 3 is 2.68 bits per heavy atom. The van der Waals surface area contributed by atoms with Crippen molar-refractivity contribution in [2.24, 2.45) is 0 Å². The van der Waals surface area contributed by atoms with Crippen LogP contribution in [0.5, 0.6) is 5.75 Å². The van der Waals surface area contributed by atoms with Crippen LogP contribution in [0.25, 0.3) is 0 Å². The van der Waals surface area contributed by atoms with Crippen molar-refractivity contribution >= 4 is 17.5 Å². The first-order valence-electron chi connectivity index (χ1n) is 8.10. The lowest BCUT2D eigenvalue weighted by Crippen LogP contribution is -2.69. The molecular formula is C17H22ClNO6. The van der Waals surface area contributed by atoms with E-state index in [-0.39, 0.29) is 12.5 Å². The molecule has 1 amide bonds. The van der Waals surface area contributed by atoms with Crippen molar-refractivity contribution in [3.05, 3.63) is 29.3 Å². The van der Waals surface area contributed by atoms with Gasteiger partial charge in [-0.15, -0.1) is 0 Å². The molecule has 5 atom stereocenters. The normalized spacial score (nSPS) is 34.0. The van der Waals surface area contributed by atoms with E-state index in [0.29, 0.717) is 10.8 Å². The van der Waals surface area contributed by atoms with Gasteiger partial charge in [-0.1, -0.05) is 11.6 Å². The van der Waals surface area contributed by atoms with Crippen molar-refractivity contribution in [3.8, 4) is 5.75 Å². The molecule has 138 valence electrons. The van der Waals surface area contributed by atoms with Gasteiger partial charge in [-0.2, -0.15) is 0 Å². The van der Waals surface area contributed by atoms with Crippen molar-refractivity contribution in [2.45, 2.75) is 57.2 Å². The molecular weight excluding hydrogens is 350 g/mol. The molecule has 0 aromatic heterocycles. The zero-order valence-corrected chi connectivity index (χ0v) is 15.0. The Kier molecular flexibility index (Phi) is 5.22. The first kappa shape index (κ1) is 18.4. The second-order valence-corrected chi connectivity index (χ2v) is 7.06. The lowest BCUT2D eigenvalue weighted by Gasteiger charge is -2.49. The number of fused-ring (bicyclic) bond motifs is 1. The minimum absolute atomic E-state index is 0.252. The van der Waals surface area contributed by atoms with Crippen LogP contribution in [0.15, 0.2) is 24.3 Å². The fourth-order valence-electron chi connectivity index (χ4n) is 2.98. The lowest BCUT2D eigenvalue weighted by atomic mass is 9.95. The molecule has 0 aliphatic carbocycles. The number of hydrogen-bond acceptors (Lipinski definition) is 6. The van der Waals surface area contributed by atoms with Crippen molar-refractivity contribution < 1.29 is 28.8 Å². The number of rotatable bonds is 3. The van der Waals surface area contributed by atoms with E-state index in [2.05, 4.69) is 5.32 Å². The monoisotopic (exact) mass is 371 g/mol. The maximum atomic E-state index is 11.6. The Labute approximate surface area is 151 Å². The number of ether oxygens (including phenoxy) is 4. The van der Waals surface area contributed by atoms with Crippen molar-refractivity contribution in [1.29, 1.82) is 0 Å². The summed E-state index contributed by atoms with van der Waals surface area (Å²) in [5.41, 5.74) is 0. The summed E-state index contributed by atoms with van der Waals surface area (Å²) in [6.07, 6.45) is -3.05. The average Bonchev–Trinajstić information content (AvgIpc) is 2.53.